The van der Waals surface area contributed by atoms with Gasteiger partial charge in [0.15, 0.2) is 0 Å². The summed E-state index contributed by atoms with van der Waals surface area (Å²) in [5.41, 5.74) is 9.27. The molecule has 0 bridgehead atoms. The van der Waals surface area contributed by atoms with Gasteiger partial charge in [-0.15, -0.1) is 0 Å². The molecular formula is C28H26FN3O. The molecule has 3 heterocycles. The number of rotatable bonds is 5. The van der Waals surface area contributed by atoms with E-state index >= 15 is 0 Å². The van der Waals surface area contributed by atoms with Gasteiger partial charge in [0, 0.05) is 37.3 Å². The van der Waals surface area contributed by atoms with Crippen LogP contribution in [-0.4, -0.2) is 39.4 Å². The molecule has 0 radical (unpaired) electrons. The van der Waals surface area contributed by atoms with E-state index in [0.29, 0.717) is 5.75 Å². The second-order valence-corrected chi connectivity index (χ2v) is 9.20. The third-order valence-electron chi connectivity index (χ3n) is 6.86. The van der Waals surface area contributed by atoms with Crippen LogP contribution in [0.4, 0.5) is 4.39 Å². The molecule has 1 N–H and O–H groups in total. The summed E-state index contributed by atoms with van der Waals surface area (Å²) in [7, 11) is 0. The highest BCUT2D eigenvalue weighted by Crippen LogP contribution is 2.41. The van der Waals surface area contributed by atoms with Crippen LogP contribution >= 0.6 is 0 Å². The Bertz CT molecular complexity index is 1350. The van der Waals surface area contributed by atoms with E-state index in [2.05, 4.69) is 53.6 Å². The van der Waals surface area contributed by atoms with Gasteiger partial charge in [-0.25, -0.2) is 4.52 Å². The van der Waals surface area contributed by atoms with Crippen molar-refractivity contribution in [3.05, 3.63) is 101 Å². The smallest absolute Gasteiger partial charge is 0.115 e. The highest BCUT2D eigenvalue weighted by Gasteiger charge is 2.27. The molecule has 1 aliphatic heterocycles. The lowest BCUT2D eigenvalue weighted by molar-refractivity contribution is 0.0725. The molecule has 0 amide bonds. The molecule has 1 aliphatic carbocycles. The summed E-state index contributed by atoms with van der Waals surface area (Å²) in [6.07, 6.45) is 3.93. The average Bonchev–Trinajstić information content (AvgIpc) is 3.22. The van der Waals surface area contributed by atoms with Crippen LogP contribution in [0.5, 0.6) is 5.75 Å². The van der Waals surface area contributed by atoms with Crippen molar-refractivity contribution in [2.45, 2.75) is 19.4 Å². The number of halogens is 1. The number of aromatic hydroxyl groups is 1. The van der Waals surface area contributed by atoms with Crippen molar-refractivity contribution in [2.75, 3.05) is 19.8 Å². The zero-order valence-electron chi connectivity index (χ0n) is 18.4. The summed E-state index contributed by atoms with van der Waals surface area (Å²) < 4.78 is 14.7. The highest BCUT2D eigenvalue weighted by atomic mass is 19.1. The van der Waals surface area contributed by atoms with E-state index in [0.717, 1.165) is 49.2 Å². The first-order valence-corrected chi connectivity index (χ1v) is 11.6. The van der Waals surface area contributed by atoms with E-state index < -0.39 is 0 Å². The maximum absolute atomic E-state index is 12.8. The Morgan fingerprint density at radius 1 is 0.939 bits per heavy atom. The standard InChI is InChI=1S/C28H26FN3O/c29-14-19-15-31(16-19)18-23-13-24-8-6-22(17-32(24)30-23)28-26(20-4-2-1-3-5-20)10-7-21-12-25(33)9-11-27(21)28/h1-6,8-9,11-13,17,19,33H,7,10,14-16,18H2. The van der Waals surface area contributed by atoms with Crippen LogP contribution in [0.3, 0.4) is 0 Å². The lowest BCUT2D eigenvalue weighted by atomic mass is 9.80. The van der Waals surface area contributed by atoms with Crippen molar-refractivity contribution in [1.29, 1.82) is 0 Å². The van der Waals surface area contributed by atoms with E-state index in [1.807, 2.05) is 22.7 Å². The van der Waals surface area contributed by atoms with Crippen LogP contribution in [0, 0.1) is 5.92 Å². The maximum Gasteiger partial charge on any atom is 0.115 e. The molecule has 4 aromatic rings. The van der Waals surface area contributed by atoms with Crippen molar-refractivity contribution in [1.82, 2.24) is 14.5 Å². The zero-order chi connectivity index (χ0) is 22.4. The summed E-state index contributed by atoms with van der Waals surface area (Å²) in [5, 5.41) is 14.9. The number of hydrogen-bond acceptors (Lipinski definition) is 3. The third kappa shape index (κ3) is 3.72. The molecule has 2 aromatic heterocycles. The van der Waals surface area contributed by atoms with Crippen LogP contribution in [-0.2, 0) is 13.0 Å². The van der Waals surface area contributed by atoms with E-state index in [1.165, 1.54) is 27.8 Å². The molecule has 6 rings (SSSR count). The lowest BCUT2D eigenvalue weighted by Gasteiger charge is -2.37. The number of allylic oxidation sites excluding steroid dienone is 1. The third-order valence-corrected chi connectivity index (χ3v) is 6.86. The van der Waals surface area contributed by atoms with Gasteiger partial charge >= 0.3 is 0 Å². The second kappa shape index (κ2) is 8.16. The number of benzene rings is 2. The van der Waals surface area contributed by atoms with Gasteiger partial charge in [0.1, 0.15) is 5.75 Å². The zero-order valence-corrected chi connectivity index (χ0v) is 18.4. The predicted molar refractivity (Wildman–Crippen MR) is 129 cm³/mol. The van der Waals surface area contributed by atoms with Gasteiger partial charge in [-0.05, 0) is 64.9 Å². The molecule has 2 aliphatic rings. The Labute approximate surface area is 192 Å². The summed E-state index contributed by atoms with van der Waals surface area (Å²) in [6, 6.07) is 22.7. The van der Waals surface area contributed by atoms with E-state index in [9.17, 15) is 9.50 Å². The van der Waals surface area contributed by atoms with Crippen LogP contribution in [0.1, 0.15) is 34.4 Å². The van der Waals surface area contributed by atoms with Gasteiger partial charge in [-0.1, -0.05) is 42.5 Å². The Morgan fingerprint density at radius 2 is 1.79 bits per heavy atom. The number of phenolic OH excluding ortho intramolecular Hbond substituents is 1. The fourth-order valence-electron chi connectivity index (χ4n) is 5.23. The monoisotopic (exact) mass is 439 g/mol. The fraction of sp³-hybridized carbons (Fsp3) is 0.250. The minimum absolute atomic E-state index is 0.183. The predicted octanol–water partition coefficient (Wildman–Crippen LogP) is 5.35. The molecule has 1 fully saturated rings. The Hall–Kier alpha value is -3.44. The fourth-order valence-corrected chi connectivity index (χ4v) is 5.23. The maximum atomic E-state index is 12.8. The van der Waals surface area contributed by atoms with Gasteiger partial charge in [0.2, 0.25) is 0 Å². The molecular weight excluding hydrogens is 413 g/mol. The topological polar surface area (TPSA) is 40.8 Å². The molecule has 1 saturated heterocycles. The van der Waals surface area contributed by atoms with Gasteiger partial charge in [-0.2, -0.15) is 5.10 Å². The number of phenols is 1. The van der Waals surface area contributed by atoms with Crippen molar-refractivity contribution >= 4 is 16.7 Å². The minimum Gasteiger partial charge on any atom is -0.508 e. The molecule has 4 nitrogen and oxygen atoms in total. The number of aryl methyl sites for hydroxylation is 1. The Kier molecular flexibility index (Phi) is 4.99. The van der Waals surface area contributed by atoms with Gasteiger partial charge in [-0.3, -0.25) is 9.29 Å². The second-order valence-electron chi connectivity index (χ2n) is 9.20. The first kappa shape index (κ1) is 20.2. The first-order valence-electron chi connectivity index (χ1n) is 11.6. The van der Waals surface area contributed by atoms with Gasteiger partial charge < -0.3 is 5.11 Å². The number of hydrogen-bond donors (Lipinski definition) is 1. The van der Waals surface area contributed by atoms with E-state index in [1.54, 1.807) is 6.07 Å². The van der Waals surface area contributed by atoms with Crippen LogP contribution in [0.25, 0.3) is 16.7 Å². The number of alkyl halides is 1. The lowest BCUT2D eigenvalue weighted by Crippen LogP contribution is -2.46. The normalized spacial score (nSPS) is 16.8. The molecule has 0 saturated carbocycles. The molecule has 5 heteroatoms. The van der Waals surface area contributed by atoms with Gasteiger partial charge in [0.25, 0.3) is 0 Å². The summed E-state index contributed by atoms with van der Waals surface area (Å²) in [4.78, 5) is 2.24. The number of pyridine rings is 1. The Morgan fingerprint density at radius 3 is 2.61 bits per heavy atom. The highest BCUT2D eigenvalue weighted by molar-refractivity contribution is 6.00. The quantitative estimate of drug-likeness (QED) is 0.456. The van der Waals surface area contributed by atoms with Crippen molar-refractivity contribution in [2.24, 2.45) is 5.92 Å². The SMILES string of the molecule is Oc1ccc2c(c1)CCC(c1ccccc1)=C2c1ccc2cc(CN3CC(CF)C3)nn2c1. The van der Waals surface area contributed by atoms with Crippen LogP contribution in [0.2, 0.25) is 0 Å². The first-order chi connectivity index (χ1) is 16.2. The van der Waals surface area contributed by atoms with Crippen molar-refractivity contribution in [3.8, 4) is 5.75 Å². The van der Waals surface area contributed by atoms with E-state index in [-0.39, 0.29) is 12.6 Å². The summed E-state index contributed by atoms with van der Waals surface area (Å²) in [5.74, 6) is 0.493. The van der Waals surface area contributed by atoms with Crippen LogP contribution < -0.4 is 0 Å². The van der Waals surface area contributed by atoms with Crippen molar-refractivity contribution < 1.29 is 9.50 Å². The molecule has 33 heavy (non-hydrogen) atoms. The molecule has 0 atom stereocenters. The number of fused-ring (bicyclic) bond motifs is 2. The number of likely N-dealkylation sites (tertiary alicyclic amines) is 1. The number of aromatic nitrogens is 2. The molecule has 0 spiro atoms. The van der Waals surface area contributed by atoms with Crippen molar-refractivity contribution in [3.63, 3.8) is 0 Å². The summed E-state index contributed by atoms with van der Waals surface area (Å²) >= 11 is 0. The molecule has 166 valence electrons. The molecule has 2 aromatic carbocycles. The minimum atomic E-state index is -0.233. The average molecular weight is 440 g/mol. The largest absolute Gasteiger partial charge is 0.508 e. The Balaban J connectivity index is 1.42. The van der Waals surface area contributed by atoms with E-state index in [4.69, 9.17) is 5.10 Å². The summed E-state index contributed by atoms with van der Waals surface area (Å²) in [6.45, 7) is 2.15. The van der Waals surface area contributed by atoms with Crippen LogP contribution in [0.15, 0.2) is 72.9 Å². The van der Waals surface area contributed by atoms with Gasteiger partial charge in [0.05, 0.1) is 17.9 Å². The molecule has 0 unspecified atom stereocenters. The number of nitrogens with zero attached hydrogens (tertiary/aromatic N) is 3.